The predicted octanol–water partition coefficient (Wildman–Crippen LogP) is 3.40. The Labute approximate surface area is 139 Å². The molecule has 0 aliphatic carbocycles. The Morgan fingerprint density at radius 1 is 1.09 bits per heavy atom. The summed E-state index contributed by atoms with van der Waals surface area (Å²) in [6.45, 7) is 2.01. The Morgan fingerprint density at radius 3 is 2.30 bits per heavy atom. The first kappa shape index (κ1) is 15.6. The van der Waals surface area contributed by atoms with Gasteiger partial charge in [0.25, 0.3) is 5.91 Å². The topological polar surface area (TPSA) is 46.6 Å². The van der Waals surface area contributed by atoms with Crippen molar-refractivity contribution in [1.82, 2.24) is 0 Å². The van der Waals surface area contributed by atoms with Crippen molar-refractivity contribution in [3.05, 3.63) is 66.2 Å². The Kier molecular flexibility index (Phi) is 4.67. The molecule has 1 aliphatic heterocycles. The average Bonchev–Trinajstić information content (AvgIpc) is 2.94. The molecule has 1 amide bonds. The first-order valence-electron chi connectivity index (χ1n) is 7.47. The summed E-state index contributed by atoms with van der Waals surface area (Å²) in [6, 6.07) is 19.1. The van der Waals surface area contributed by atoms with Crippen molar-refractivity contribution in [3.63, 3.8) is 0 Å². The standard InChI is InChI=1S/C18H17NO3S/c1-2-22-18(21)15-16(20)19(14-11-7-4-8-12-14)17(23-15)13-9-5-3-6-10-13/h3-12,15,17H,2H2,1H3/t15-,17+/m0/s1. The Bertz CT molecular complexity index is 690. The van der Waals surface area contributed by atoms with Gasteiger partial charge in [-0.1, -0.05) is 48.5 Å². The first-order valence-corrected chi connectivity index (χ1v) is 8.42. The average molecular weight is 327 g/mol. The monoisotopic (exact) mass is 327 g/mol. The van der Waals surface area contributed by atoms with E-state index < -0.39 is 11.2 Å². The van der Waals surface area contributed by atoms with E-state index in [2.05, 4.69) is 0 Å². The fourth-order valence-corrected chi connectivity index (χ4v) is 3.89. The molecule has 0 radical (unpaired) electrons. The van der Waals surface area contributed by atoms with Gasteiger partial charge < -0.3 is 4.74 Å². The van der Waals surface area contributed by atoms with Gasteiger partial charge in [0.1, 0.15) is 5.37 Å². The second-order valence-corrected chi connectivity index (χ2v) is 6.27. The number of para-hydroxylation sites is 1. The van der Waals surface area contributed by atoms with Gasteiger partial charge in [0.15, 0.2) is 5.25 Å². The van der Waals surface area contributed by atoms with E-state index in [1.807, 2.05) is 60.7 Å². The number of hydrogen-bond donors (Lipinski definition) is 0. The second-order valence-electron chi connectivity index (χ2n) is 5.08. The van der Waals surface area contributed by atoms with E-state index in [0.29, 0.717) is 0 Å². The number of ether oxygens (including phenoxy) is 1. The van der Waals surface area contributed by atoms with Crippen LogP contribution in [0.15, 0.2) is 60.7 Å². The molecule has 0 aromatic heterocycles. The number of benzene rings is 2. The van der Waals surface area contributed by atoms with Crippen molar-refractivity contribution in [3.8, 4) is 0 Å². The molecule has 1 heterocycles. The van der Waals surface area contributed by atoms with Crippen molar-refractivity contribution >= 4 is 29.3 Å². The van der Waals surface area contributed by atoms with Crippen LogP contribution in [0.2, 0.25) is 0 Å². The van der Waals surface area contributed by atoms with Gasteiger partial charge in [-0.25, -0.2) is 0 Å². The van der Waals surface area contributed by atoms with Crippen LogP contribution in [0.5, 0.6) is 0 Å². The highest BCUT2D eigenvalue weighted by molar-refractivity contribution is 8.02. The minimum atomic E-state index is -0.819. The molecule has 1 saturated heterocycles. The van der Waals surface area contributed by atoms with Gasteiger partial charge in [0, 0.05) is 5.69 Å². The van der Waals surface area contributed by atoms with Crippen LogP contribution in [0.4, 0.5) is 5.69 Å². The van der Waals surface area contributed by atoms with E-state index in [0.717, 1.165) is 11.3 Å². The molecule has 1 fully saturated rings. The lowest BCUT2D eigenvalue weighted by atomic mass is 10.2. The van der Waals surface area contributed by atoms with E-state index in [-0.39, 0.29) is 17.9 Å². The lowest BCUT2D eigenvalue weighted by Crippen LogP contribution is -2.35. The Balaban J connectivity index is 1.98. The molecule has 4 nitrogen and oxygen atoms in total. The maximum atomic E-state index is 12.8. The largest absolute Gasteiger partial charge is 0.465 e. The van der Waals surface area contributed by atoms with E-state index in [9.17, 15) is 9.59 Å². The molecular formula is C18H17NO3S. The molecule has 2 aromatic rings. The summed E-state index contributed by atoms with van der Waals surface area (Å²) >= 11 is 1.32. The van der Waals surface area contributed by atoms with Crippen molar-refractivity contribution in [1.29, 1.82) is 0 Å². The smallest absolute Gasteiger partial charge is 0.328 e. The number of esters is 1. The molecular weight excluding hydrogens is 310 g/mol. The summed E-state index contributed by atoms with van der Waals surface area (Å²) < 4.78 is 5.06. The Morgan fingerprint density at radius 2 is 1.70 bits per heavy atom. The molecule has 2 aromatic carbocycles. The number of thioether (sulfide) groups is 1. The van der Waals surface area contributed by atoms with Crippen LogP contribution in [0.1, 0.15) is 17.9 Å². The minimum Gasteiger partial charge on any atom is -0.465 e. The number of nitrogens with zero attached hydrogens (tertiary/aromatic N) is 1. The van der Waals surface area contributed by atoms with Gasteiger partial charge in [-0.05, 0) is 24.6 Å². The normalized spacial score (nSPS) is 20.6. The van der Waals surface area contributed by atoms with Crippen LogP contribution >= 0.6 is 11.8 Å². The van der Waals surface area contributed by atoms with Crippen LogP contribution in [-0.2, 0) is 14.3 Å². The third-order valence-electron chi connectivity index (χ3n) is 3.58. The number of amides is 1. The van der Waals surface area contributed by atoms with Gasteiger partial charge in [0.2, 0.25) is 0 Å². The van der Waals surface area contributed by atoms with Gasteiger partial charge >= 0.3 is 5.97 Å². The van der Waals surface area contributed by atoms with Gasteiger partial charge in [-0.3, -0.25) is 14.5 Å². The van der Waals surface area contributed by atoms with Gasteiger partial charge in [0.05, 0.1) is 6.61 Å². The highest BCUT2D eigenvalue weighted by Gasteiger charge is 2.46. The van der Waals surface area contributed by atoms with Crippen molar-refractivity contribution < 1.29 is 14.3 Å². The lowest BCUT2D eigenvalue weighted by molar-refractivity contribution is -0.144. The summed E-state index contributed by atoms with van der Waals surface area (Å²) in [5, 5.41) is -1.05. The van der Waals surface area contributed by atoms with Crippen LogP contribution < -0.4 is 4.90 Å². The van der Waals surface area contributed by atoms with Crippen molar-refractivity contribution in [2.24, 2.45) is 0 Å². The molecule has 0 saturated carbocycles. The van der Waals surface area contributed by atoms with Gasteiger partial charge in [-0.15, -0.1) is 11.8 Å². The van der Waals surface area contributed by atoms with Crippen LogP contribution in [-0.4, -0.2) is 23.7 Å². The molecule has 3 rings (SSSR count). The van der Waals surface area contributed by atoms with Crippen molar-refractivity contribution in [2.45, 2.75) is 17.5 Å². The van der Waals surface area contributed by atoms with Crippen LogP contribution in [0.3, 0.4) is 0 Å². The summed E-state index contributed by atoms with van der Waals surface area (Å²) in [7, 11) is 0. The maximum absolute atomic E-state index is 12.8. The molecule has 118 valence electrons. The van der Waals surface area contributed by atoms with Crippen LogP contribution in [0.25, 0.3) is 0 Å². The number of carbonyl (C=O) groups excluding carboxylic acids is 2. The third-order valence-corrected chi connectivity index (χ3v) is 4.99. The van der Waals surface area contributed by atoms with E-state index in [1.165, 1.54) is 11.8 Å². The van der Waals surface area contributed by atoms with Gasteiger partial charge in [-0.2, -0.15) is 0 Å². The molecule has 0 unspecified atom stereocenters. The number of carbonyl (C=O) groups is 2. The fraction of sp³-hybridized carbons (Fsp3) is 0.222. The number of rotatable bonds is 4. The van der Waals surface area contributed by atoms with Crippen molar-refractivity contribution in [2.75, 3.05) is 11.5 Å². The summed E-state index contributed by atoms with van der Waals surface area (Å²) in [6.07, 6.45) is 0. The summed E-state index contributed by atoms with van der Waals surface area (Å²) in [5.74, 6) is -0.699. The summed E-state index contributed by atoms with van der Waals surface area (Å²) in [4.78, 5) is 26.6. The third kappa shape index (κ3) is 3.10. The van der Waals surface area contributed by atoms with E-state index >= 15 is 0 Å². The maximum Gasteiger partial charge on any atom is 0.328 e. The van der Waals surface area contributed by atoms with E-state index in [1.54, 1.807) is 11.8 Å². The predicted molar refractivity (Wildman–Crippen MR) is 91.1 cm³/mol. The first-order chi connectivity index (χ1) is 11.2. The molecule has 5 heteroatoms. The SMILES string of the molecule is CCOC(=O)[C@H]1S[C@H](c2ccccc2)N(c2ccccc2)C1=O. The molecule has 0 N–H and O–H groups in total. The quantitative estimate of drug-likeness (QED) is 0.638. The molecule has 2 atom stereocenters. The lowest BCUT2D eigenvalue weighted by Gasteiger charge is -2.24. The zero-order chi connectivity index (χ0) is 16.2. The summed E-state index contributed by atoms with van der Waals surface area (Å²) in [5.41, 5.74) is 1.77. The second kappa shape index (κ2) is 6.87. The zero-order valence-electron chi connectivity index (χ0n) is 12.7. The molecule has 0 bridgehead atoms. The Hall–Kier alpha value is -2.27. The van der Waals surface area contributed by atoms with Crippen LogP contribution in [0, 0.1) is 0 Å². The number of anilines is 1. The zero-order valence-corrected chi connectivity index (χ0v) is 13.5. The number of hydrogen-bond acceptors (Lipinski definition) is 4. The fourth-order valence-electron chi connectivity index (χ4n) is 2.56. The molecule has 23 heavy (non-hydrogen) atoms. The minimum absolute atomic E-state index is 0.228. The molecule has 1 aliphatic rings. The highest BCUT2D eigenvalue weighted by atomic mass is 32.2. The van der Waals surface area contributed by atoms with E-state index in [4.69, 9.17) is 4.74 Å². The highest BCUT2D eigenvalue weighted by Crippen LogP contribution is 2.45. The molecule has 0 spiro atoms.